The quantitative estimate of drug-likeness (QED) is 0.214. The molecule has 0 amide bonds. The number of hydrogen-bond donors (Lipinski definition) is 2. The van der Waals surface area contributed by atoms with Gasteiger partial charge in [-0.1, -0.05) is 90.3 Å². The van der Waals surface area contributed by atoms with E-state index >= 15 is 0 Å². The number of benzene rings is 3. The van der Waals surface area contributed by atoms with E-state index in [1.165, 1.54) is 11.2 Å². The minimum absolute atomic E-state index is 0.121. The van der Waals surface area contributed by atoms with Gasteiger partial charge in [-0.2, -0.15) is 0 Å². The average Bonchev–Trinajstić information content (AvgIpc) is 3.31. The molecule has 200 valence electrons. The summed E-state index contributed by atoms with van der Waals surface area (Å²) in [7, 11) is 0. The average molecular weight is 516 g/mol. The molecule has 0 aliphatic rings. The lowest BCUT2D eigenvalue weighted by Gasteiger charge is -2.32. The number of nitrogens with zero attached hydrogens (tertiary/aromatic N) is 3. The van der Waals surface area contributed by atoms with Crippen molar-refractivity contribution in [1.82, 2.24) is 15.0 Å². The van der Waals surface area contributed by atoms with Crippen molar-refractivity contribution < 1.29 is 19.7 Å². The normalized spacial score (nSPS) is 12.1. The zero-order valence-corrected chi connectivity index (χ0v) is 22.9. The Balaban J connectivity index is 1.85. The second-order valence-electron chi connectivity index (χ2n) is 11.0. The number of aromatic hydroxyl groups is 1. The minimum Gasteiger partial charge on any atom is -0.505 e. The number of carboxylic acid groups (broad SMARTS) is 1. The third-order valence-electron chi connectivity index (χ3n) is 7.37. The van der Waals surface area contributed by atoms with Crippen LogP contribution in [0.5, 0.6) is 11.5 Å². The molecular weight excluding hydrogens is 478 g/mol. The van der Waals surface area contributed by atoms with Crippen molar-refractivity contribution in [2.24, 2.45) is 0 Å². The van der Waals surface area contributed by atoms with Crippen LogP contribution >= 0.6 is 0 Å². The van der Waals surface area contributed by atoms with Crippen LogP contribution in [-0.2, 0) is 15.6 Å². The summed E-state index contributed by atoms with van der Waals surface area (Å²) in [6, 6.07) is 19.4. The number of carboxylic acids is 1. The van der Waals surface area contributed by atoms with Gasteiger partial charge in [-0.3, -0.25) is 0 Å². The Hall–Kier alpha value is -3.87. The lowest BCUT2D eigenvalue weighted by molar-refractivity contribution is -0.139. The van der Waals surface area contributed by atoms with Crippen LogP contribution in [0.15, 0.2) is 60.7 Å². The van der Waals surface area contributed by atoms with Crippen LogP contribution in [0.2, 0.25) is 0 Å². The summed E-state index contributed by atoms with van der Waals surface area (Å²) < 4.78 is 5.31. The lowest BCUT2D eigenvalue weighted by atomic mass is 9.73. The number of fused-ring (bicyclic) bond motifs is 1. The van der Waals surface area contributed by atoms with Crippen molar-refractivity contribution in [2.75, 3.05) is 6.61 Å². The second kappa shape index (κ2) is 10.9. The number of phenolic OH excluding ortho intramolecular Hbond substituents is 1. The van der Waals surface area contributed by atoms with Crippen molar-refractivity contribution in [2.45, 2.75) is 71.1 Å². The van der Waals surface area contributed by atoms with Gasteiger partial charge in [0.05, 0.1) is 0 Å². The van der Waals surface area contributed by atoms with Gasteiger partial charge in [0.15, 0.2) is 6.61 Å². The highest BCUT2D eigenvalue weighted by atomic mass is 16.5. The van der Waals surface area contributed by atoms with Crippen LogP contribution in [-0.4, -0.2) is 37.8 Å². The molecule has 7 nitrogen and oxygen atoms in total. The summed E-state index contributed by atoms with van der Waals surface area (Å²) >= 11 is 0. The second-order valence-corrected chi connectivity index (χ2v) is 11.0. The molecule has 0 aliphatic carbocycles. The number of carbonyl (C=O) groups is 1. The number of aromatic nitrogens is 3. The summed E-state index contributed by atoms with van der Waals surface area (Å²) in [6.07, 6.45) is 4.48. The predicted octanol–water partition coefficient (Wildman–Crippen LogP) is 6.77. The number of aliphatic carboxylic acids is 1. The molecule has 0 saturated heterocycles. The molecule has 7 heteroatoms. The number of unbranched alkanes of at least 4 members (excludes halogenated alkanes) is 2. The molecule has 0 radical (unpaired) electrons. The zero-order chi connectivity index (χ0) is 27.5. The van der Waals surface area contributed by atoms with Gasteiger partial charge in [0.2, 0.25) is 0 Å². The van der Waals surface area contributed by atoms with Gasteiger partial charge in [-0.15, -0.1) is 15.0 Å². The van der Waals surface area contributed by atoms with Gasteiger partial charge in [0.1, 0.15) is 28.2 Å². The third-order valence-corrected chi connectivity index (χ3v) is 7.37. The first kappa shape index (κ1) is 27.2. The highest BCUT2D eigenvalue weighted by molar-refractivity contribution is 5.76. The van der Waals surface area contributed by atoms with E-state index in [4.69, 9.17) is 9.84 Å². The Morgan fingerprint density at radius 3 is 2.32 bits per heavy atom. The number of phenols is 1. The fourth-order valence-corrected chi connectivity index (χ4v) is 4.85. The van der Waals surface area contributed by atoms with E-state index in [1.54, 1.807) is 18.2 Å². The molecule has 4 aromatic rings. The van der Waals surface area contributed by atoms with E-state index in [9.17, 15) is 9.90 Å². The molecule has 0 spiro atoms. The topological polar surface area (TPSA) is 97.5 Å². The Morgan fingerprint density at radius 2 is 1.63 bits per heavy atom. The summed E-state index contributed by atoms with van der Waals surface area (Å²) in [5, 5.41) is 29.9. The summed E-state index contributed by atoms with van der Waals surface area (Å²) in [4.78, 5) is 12.4. The zero-order valence-electron chi connectivity index (χ0n) is 22.9. The number of ether oxygens (including phenoxy) is 1. The van der Waals surface area contributed by atoms with Crippen molar-refractivity contribution in [1.29, 1.82) is 0 Å². The Kier molecular flexibility index (Phi) is 7.76. The van der Waals surface area contributed by atoms with Crippen molar-refractivity contribution in [3.05, 3.63) is 77.4 Å². The van der Waals surface area contributed by atoms with Gasteiger partial charge in [-0.25, -0.2) is 4.79 Å². The Morgan fingerprint density at radius 1 is 0.921 bits per heavy atom. The Bertz CT molecular complexity index is 1420. The molecule has 1 aromatic heterocycles. The van der Waals surface area contributed by atoms with Crippen molar-refractivity contribution in [3.63, 3.8) is 0 Å². The molecule has 0 fully saturated rings. The summed E-state index contributed by atoms with van der Waals surface area (Å²) in [6.45, 7) is 10.5. The molecule has 3 aromatic carbocycles. The predicted molar refractivity (Wildman–Crippen MR) is 149 cm³/mol. The van der Waals surface area contributed by atoms with Gasteiger partial charge in [0.25, 0.3) is 0 Å². The first-order valence-corrected chi connectivity index (χ1v) is 13.2. The fourth-order valence-electron chi connectivity index (χ4n) is 4.85. The monoisotopic (exact) mass is 515 g/mol. The number of hydrogen-bond acceptors (Lipinski definition) is 5. The van der Waals surface area contributed by atoms with Crippen molar-refractivity contribution >= 4 is 17.0 Å². The largest absolute Gasteiger partial charge is 0.505 e. The van der Waals surface area contributed by atoms with E-state index in [0.717, 1.165) is 36.0 Å². The molecular formula is C31H37N3O4. The van der Waals surface area contributed by atoms with Gasteiger partial charge in [-0.05, 0) is 41.2 Å². The SMILES string of the molecule is CCCCCC(C)(C)c1cc(-n2nc3ccc(OCC(=O)O)cc3n2)c(O)c(C(C)(C)c2ccccc2)c1. The van der Waals surface area contributed by atoms with E-state index < -0.39 is 18.0 Å². The van der Waals surface area contributed by atoms with E-state index in [1.807, 2.05) is 24.3 Å². The summed E-state index contributed by atoms with van der Waals surface area (Å²) in [5.74, 6) is -0.520. The molecule has 2 N–H and O–H groups in total. The van der Waals surface area contributed by atoms with Crippen LogP contribution < -0.4 is 4.74 Å². The van der Waals surface area contributed by atoms with Crippen molar-refractivity contribution in [3.8, 4) is 17.2 Å². The molecule has 1 heterocycles. The lowest BCUT2D eigenvalue weighted by Crippen LogP contribution is -2.23. The van der Waals surface area contributed by atoms with Crippen LogP contribution in [0, 0.1) is 0 Å². The Labute approximate surface area is 224 Å². The van der Waals surface area contributed by atoms with E-state index in [0.29, 0.717) is 22.5 Å². The van der Waals surface area contributed by atoms with Crippen LogP contribution in [0.1, 0.15) is 77.0 Å². The standard InChI is InChI=1S/C31H37N3O4/c1-6-7-11-16-30(2,3)22-17-24(31(4,5)21-12-9-8-10-13-21)29(37)27(18-22)34-32-25-15-14-23(19-26(25)33-34)38-20-28(35)36/h8-10,12-15,17-19,37H,6-7,11,16,20H2,1-5H3,(H,35,36). The fraction of sp³-hybridized carbons (Fsp3) is 0.387. The minimum atomic E-state index is -1.05. The molecule has 0 bridgehead atoms. The van der Waals surface area contributed by atoms with E-state index in [2.05, 4.69) is 63.0 Å². The molecule has 0 saturated carbocycles. The highest BCUT2D eigenvalue weighted by Gasteiger charge is 2.32. The van der Waals surface area contributed by atoms with Gasteiger partial charge in [0, 0.05) is 17.0 Å². The first-order valence-electron chi connectivity index (χ1n) is 13.2. The molecule has 0 unspecified atom stereocenters. The van der Waals surface area contributed by atoms with Gasteiger partial charge < -0.3 is 14.9 Å². The van der Waals surface area contributed by atoms with Crippen LogP contribution in [0.3, 0.4) is 0 Å². The molecule has 38 heavy (non-hydrogen) atoms. The molecule has 0 atom stereocenters. The summed E-state index contributed by atoms with van der Waals surface area (Å²) in [5.41, 5.74) is 4.10. The third kappa shape index (κ3) is 5.67. The van der Waals surface area contributed by atoms with Gasteiger partial charge >= 0.3 is 5.97 Å². The molecule has 4 rings (SSSR count). The molecule has 0 aliphatic heterocycles. The maximum absolute atomic E-state index is 11.7. The maximum atomic E-state index is 11.7. The van der Waals surface area contributed by atoms with Crippen LogP contribution in [0.25, 0.3) is 16.7 Å². The number of rotatable bonds is 11. The highest BCUT2D eigenvalue weighted by Crippen LogP contribution is 2.43. The van der Waals surface area contributed by atoms with Crippen LogP contribution in [0.4, 0.5) is 0 Å². The van der Waals surface area contributed by atoms with E-state index in [-0.39, 0.29) is 11.2 Å². The smallest absolute Gasteiger partial charge is 0.341 e. The first-order chi connectivity index (χ1) is 18.0. The maximum Gasteiger partial charge on any atom is 0.341 e.